The first-order chi connectivity index (χ1) is 10.7. The van der Waals surface area contributed by atoms with Gasteiger partial charge in [-0.15, -0.1) is 11.5 Å². The lowest BCUT2D eigenvalue weighted by atomic mass is 10.1. The van der Waals surface area contributed by atoms with E-state index >= 15 is 0 Å². The summed E-state index contributed by atoms with van der Waals surface area (Å²) in [5.41, 5.74) is 5.39. The summed E-state index contributed by atoms with van der Waals surface area (Å²) in [4.78, 5) is 0. The summed E-state index contributed by atoms with van der Waals surface area (Å²) in [5, 5.41) is 0. The normalized spacial score (nSPS) is 11.1. The molecule has 3 heteroatoms. The third kappa shape index (κ3) is 16.2. The van der Waals surface area contributed by atoms with Gasteiger partial charge in [0.2, 0.25) is 8.32 Å². The third-order valence-electron chi connectivity index (χ3n) is 3.39. The van der Waals surface area contributed by atoms with Crippen LogP contribution in [0.25, 0.3) is 0 Å². The highest BCUT2D eigenvalue weighted by Gasteiger charge is 2.18. The molecule has 0 fully saturated rings. The van der Waals surface area contributed by atoms with Crippen molar-refractivity contribution >= 4 is 17.8 Å². The quantitative estimate of drug-likeness (QED) is 0.173. The summed E-state index contributed by atoms with van der Waals surface area (Å²) < 4.78 is 6.20. The molecule has 0 aliphatic heterocycles. The number of rotatable bonds is 11. The number of hydrogen-bond acceptors (Lipinski definition) is 1. The minimum Gasteiger partial charge on any atom is -0.547 e. The van der Waals surface area contributed by atoms with E-state index in [4.69, 9.17) is 4.43 Å². The molecule has 0 aromatic carbocycles. The second kappa shape index (κ2) is 12.9. The van der Waals surface area contributed by atoms with Gasteiger partial charge in [0.1, 0.15) is 0 Å². The van der Waals surface area contributed by atoms with Gasteiger partial charge in [-0.3, -0.25) is 0 Å². The molecule has 1 nitrogen and oxygen atoms in total. The smallest absolute Gasteiger partial charge is 0.241 e. The SMILES string of the molecule is CC(C)=C(CCCCCCCCC#C[Si]C(C)C)O[Si](C)(C)C. The van der Waals surface area contributed by atoms with Gasteiger partial charge in [0.05, 0.1) is 5.76 Å². The number of unbranched alkanes of at least 4 members (excludes halogenated alkanes) is 6. The molecule has 23 heavy (non-hydrogen) atoms. The lowest BCUT2D eigenvalue weighted by Gasteiger charge is -2.23. The highest BCUT2D eigenvalue weighted by Crippen LogP contribution is 2.20. The lowest BCUT2D eigenvalue weighted by Crippen LogP contribution is -2.25. The summed E-state index contributed by atoms with van der Waals surface area (Å²) >= 11 is 0. The second-order valence-electron chi connectivity index (χ2n) is 7.86. The Morgan fingerprint density at radius 1 is 0.957 bits per heavy atom. The van der Waals surface area contributed by atoms with E-state index in [9.17, 15) is 0 Å². The molecule has 0 aliphatic carbocycles. The van der Waals surface area contributed by atoms with Gasteiger partial charge in [0, 0.05) is 12.8 Å². The minimum absolute atomic E-state index is 0.734. The Labute approximate surface area is 149 Å². The average molecular weight is 351 g/mol. The maximum absolute atomic E-state index is 6.20. The summed E-state index contributed by atoms with van der Waals surface area (Å²) in [6.45, 7) is 15.6. The first-order valence-electron chi connectivity index (χ1n) is 9.31. The Balaban J connectivity index is 3.65. The number of allylic oxidation sites excluding steroid dienone is 2. The van der Waals surface area contributed by atoms with E-state index in [-0.39, 0.29) is 0 Å². The van der Waals surface area contributed by atoms with Crippen LogP contribution in [-0.2, 0) is 4.43 Å². The van der Waals surface area contributed by atoms with E-state index < -0.39 is 8.32 Å². The highest BCUT2D eigenvalue weighted by atomic mass is 28.4. The van der Waals surface area contributed by atoms with E-state index in [0.717, 1.165) is 27.9 Å². The van der Waals surface area contributed by atoms with Gasteiger partial charge in [0.25, 0.3) is 0 Å². The molecule has 0 heterocycles. The van der Waals surface area contributed by atoms with Crippen LogP contribution in [0.2, 0.25) is 25.2 Å². The van der Waals surface area contributed by atoms with Gasteiger partial charge in [-0.05, 0) is 57.4 Å². The van der Waals surface area contributed by atoms with Crippen LogP contribution in [0.1, 0.15) is 79.1 Å². The summed E-state index contributed by atoms with van der Waals surface area (Å²) in [5.74, 6) is 4.57. The first-order valence-corrected chi connectivity index (χ1v) is 13.8. The fourth-order valence-corrected chi connectivity index (χ4v) is 3.80. The maximum atomic E-state index is 6.20. The largest absolute Gasteiger partial charge is 0.547 e. The predicted octanol–water partition coefficient (Wildman–Crippen LogP) is 6.75. The van der Waals surface area contributed by atoms with Crippen LogP contribution in [0, 0.1) is 11.5 Å². The van der Waals surface area contributed by atoms with Crippen LogP contribution in [0.4, 0.5) is 0 Å². The van der Waals surface area contributed by atoms with Gasteiger partial charge in [-0.1, -0.05) is 39.5 Å². The first kappa shape index (κ1) is 22.5. The van der Waals surface area contributed by atoms with Crippen LogP contribution in [0.5, 0.6) is 0 Å². The lowest BCUT2D eigenvalue weighted by molar-refractivity contribution is 0.384. The van der Waals surface area contributed by atoms with Crippen LogP contribution >= 0.6 is 0 Å². The van der Waals surface area contributed by atoms with Crippen molar-refractivity contribution in [3.63, 3.8) is 0 Å². The molecule has 0 atom stereocenters. The van der Waals surface area contributed by atoms with Gasteiger partial charge >= 0.3 is 0 Å². The van der Waals surface area contributed by atoms with E-state index in [1.54, 1.807) is 0 Å². The Morgan fingerprint density at radius 3 is 2.04 bits per heavy atom. The van der Waals surface area contributed by atoms with Crippen molar-refractivity contribution < 1.29 is 4.43 Å². The second-order valence-corrected chi connectivity index (χ2v) is 14.0. The number of hydrogen-bond donors (Lipinski definition) is 0. The molecular weight excluding hydrogens is 312 g/mol. The van der Waals surface area contributed by atoms with E-state index in [0.29, 0.717) is 0 Å². The van der Waals surface area contributed by atoms with E-state index in [2.05, 4.69) is 58.8 Å². The van der Waals surface area contributed by atoms with Crippen LogP contribution in [0.3, 0.4) is 0 Å². The Hall–Kier alpha value is -0.466. The third-order valence-corrected chi connectivity index (χ3v) is 5.15. The van der Waals surface area contributed by atoms with Crippen LogP contribution in [0.15, 0.2) is 11.3 Å². The monoisotopic (exact) mass is 350 g/mol. The van der Waals surface area contributed by atoms with Crippen molar-refractivity contribution in [1.29, 1.82) is 0 Å². The van der Waals surface area contributed by atoms with Crippen LogP contribution < -0.4 is 0 Å². The van der Waals surface area contributed by atoms with Crippen LogP contribution in [-0.4, -0.2) is 17.8 Å². The zero-order chi connectivity index (χ0) is 17.7. The topological polar surface area (TPSA) is 9.23 Å². The van der Waals surface area contributed by atoms with Gasteiger partial charge in [0.15, 0.2) is 9.52 Å². The Bertz CT molecular complexity index is 390. The van der Waals surface area contributed by atoms with Crippen molar-refractivity contribution in [3.05, 3.63) is 11.3 Å². The van der Waals surface area contributed by atoms with Crippen molar-refractivity contribution in [2.45, 2.75) is 104 Å². The molecule has 2 radical (unpaired) electrons. The van der Waals surface area contributed by atoms with Crippen molar-refractivity contribution in [2.75, 3.05) is 0 Å². The Kier molecular flexibility index (Phi) is 12.6. The molecule has 0 aliphatic rings. The van der Waals surface area contributed by atoms with Gasteiger partial charge in [-0.25, -0.2) is 0 Å². The van der Waals surface area contributed by atoms with Crippen molar-refractivity contribution in [2.24, 2.45) is 0 Å². The molecule has 0 spiro atoms. The maximum Gasteiger partial charge on any atom is 0.241 e. The van der Waals surface area contributed by atoms with Crippen molar-refractivity contribution in [1.82, 2.24) is 0 Å². The van der Waals surface area contributed by atoms with Crippen molar-refractivity contribution in [3.8, 4) is 11.5 Å². The molecule has 0 saturated carbocycles. The van der Waals surface area contributed by atoms with E-state index in [1.807, 2.05) is 0 Å². The molecule has 0 aromatic rings. The fraction of sp³-hybridized carbons (Fsp3) is 0.800. The summed E-state index contributed by atoms with van der Waals surface area (Å²) in [6.07, 6.45) is 10.1. The molecule has 0 saturated heterocycles. The molecule has 0 aromatic heterocycles. The molecule has 0 unspecified atom stereocenters. The molecule has 132 valence electrons. The standard InChI is InChI=1S/C20H38OSi2/c1-18(2)20(21-23(5,6)7)16-14-12-10-8-9-11-13-15-17-22-19(3)4/h19H,8-14,16H2,1-7H3. The van der Waals surface area contributed by atoms with Gasteiger partial charge in [-0.2, -0.15) is 0 Å². The molecule has 0 rings (SSSR count). The predicted molar refractivity (Wildman–Crippen MR) is 108 cm³/mol. The zero-order valence-corrected chi connectivity index (χ0v) is 18.6. The summed E-state index contributed by atoms with van der Waals surface area (Å²) in [6, 6.07) is 0. The minimum atomic E-state index is -1.46. The Morgan fingerprint density at radius 2 is 1.52 bits per heavy atom. The highest BCUT2D eigenvalue weighted by molar-refractivity contribution is 6.70. The average Bonchev–Trinajstić information content (AvgIpc) is 2.41. The van der Waals surface area contributed by atoms with Gasteiger partial charge < -0.3 is 4.43 Å². The zero-order valence-electron chi connectivity index (χ0n) is 16.6. The molecule has 0 bridgehead atoms. The molecular formula is C20H38OSi2. The molecule has 0 N–H and O–H groups in total. The fourth-order valence-electron chi connectivity index (χ4n) is 2.24. The van der Waals surface area contributed by atoms with E-state index in [1.165, 1.54) is 49.9 Å². The molecule has 0 amide bonds. The summed E-state index contributed by atoms with van der Waals surface area (Å²) in [7, 11) is -0.641.